The first-order valence-corrected chi connectivity index (χ1v) is 15.3. The number of piperidine rings is 1. The fraction of sp³-hybridized carbons (Fsp3) is 0.531. The Bertz CT molecular complexity index is 1330. The maximum atomic E-state index is 13.7. The van der Waals surface area contributed by atoms with Crippen LogP contribution >= 0.6 is 15.9 Å². The van der Waals surface area contributed by atoms with Crippen molar-refractivity contribution in [2.45, 2.75) is 83.9 Å². The number of aromatic nitrogens is 2. The number of alkyl carbamates (subject to hydrolysis) is 1. The number of methoxy groups -OCH3 is 1. The summed E-state index contributed by atoms with van der Waals surface area (Å²) in [5, 5.41) is 4.13. The lowest BCUT2D eigenvalue weighted by molar-refractivity contribution is -0.132. The minimum atomic E-state index is -0.619. The average Bonchev–Trinajstić information content (AvgIpc) is 3.29. The third-order valence-corrected chi connectivity index (χ3v) is 8.05. The van der Waals surface area contributed by atoms with Crippen LogP contribution in [0.1, 0.15) is 69.3 Å². The number of nitrogens with one attached hydrogen (secondary N) is 1. The van der Waals surface area contributed by atoms with E-state index in [9.17, 15) is 9.59 Å². The van der Waals surface area contributed by atoms with E-state index in [0.29, 0.717) is 19.6 Å². The number of carbonyl (C=O) groups is 2. The molecule has 0 spiro atoms. The highest BCUT2D eigenvalue weighted by Crippen LogP contribution is 2.33. The van der Waals surface area contributed by atoms with Crippen molar-refractivity contribution in [3.05, 3.63) is 64.0 Å². The zero-order valence-corrected chi connectivity index (χ0v) is 26.5. The molecule has 4 rings (SSSR count). The summed E-state index contributed by atoms with van der Waals surface area (Å²) >= 11 is 3.48. The Kier molecular flexibility index (Phi) is 10.5. The fourth-order valence-electron chi connectivity index (χ4n) is 5.64. The van der Waals surface area contributed by atoms with E-state index in [2.05, 4.69) is 42.9 Å². The molecular weight excluding hydrogens is 584 g/mol. The minimum absolute atomic E-state index is 0.0489. The Hall–Kier alpha value is -2.91. The van der Waals surface area contributed by atoms with Gasteiger partial charge in [0, 0.05) is 79.2 Å². The summed E-state index contributed by atoms with van der Waals surface area (Å²) in [6.45, 7) is 10.5. The summed E-state index contributed by atoms with van der Waals surface area (Å²) in [6.07, 6.45) is 4.98. The van der Waals surface area contributed by atoms with Gasteiger partial charge in [-0.2, -0.15) is 0 Å². The maximum Gasteiger partial charge on any atom is 0.407 e. The molecule has 1 N–H and O–H groups in total. The van der Waals surface area contributed by atoms with Crippen LogP contribution in [0, 0.1) is 6.92 Å². The maximum absolute atomic E-state index is 13.7. The number of aryl methyl sites for hydroxylation is 2. The normalized spacial score (nSPS) is 16.5. The van der Waals surface area contributed by atoms with Gasteiger partial charge in [-0.05, 0) is 83.2 Å². The second-order valence-corrected chi connectivity index (χ2v) is 12.9. The summed E-state index contributed by atoms with van der Waals surface area (Å²) in [5.74, 6) is 0.276. The number of hydrogen-bond donors (Lipinski definition) is 1. The van der Waals surface area contributed by atoms with Gasteiger partial charge in [0.05, 0.1) is 5.52 Å². The summed E-state index contributed by atoms with van der Waals surface area (Å²) in [4.78, 5) is 32.9. The predicted octanol–water partition coefficient (Wildman–Crippen LogP) is 6.38. The van der Waals surface area contributed by atoms with Gasteiger partial charge in [0.2, 0.25) is 5.91 Å². The predicted molar refractivity (Wildman–Crippen MR) is 165 cm³/mol. The highest BCUT2D eigenvalue weighted by molar-refractivity contribution is 9.10. The van der Waals surface area contributed by atoms with Crippen molar-refractivity contribution in [1.29, 1.82) is 0 Å². The Morgan fingerprint density at radius 3 is 2.66 bits per heavy atom. The molecule has 0 radical (unpaired) electrons. The third-order valence-electron chi connectivity index (χ3n) is 7.52. The number of halogens is 1. The Balaban J connectivity index is 1.51. The summed E-state index contributed by atoms with van der Waals surface area (Å²) in [7, 11) is 1.73. The van der Waals surface area contributed by atoms with Crippen LogP contribution in [0.5, 0.6) is 0 Å². The molecule has 0 saturated carbocycles. The average molecular weight is 628 g/mol. The Morgan fingerprint density at radius 2 is 1.95 bits per heavy atom. The number of rotatable bonds is 10. The van der Waals surface area contributed by atoms with E-state index in [-0.39, 0.29) is 24.3 Å². The van der Waals surface area contributed by atoms with Crippen LogP contribution in [0.4, 0.5) is 4.79 Å². The molecule has 2 atom stereocenters. The SMILES string of the molecule is COCCCn1c(C2CCCN(C(=O)CC(Cc3ccc(Br)cc3)NC(=O)OC(C)(C)C)C2)cc2c(C)nccc21. The molecule has 1 saturated heterocycles. The van der Waals surface area contributed by atoms with Crippen molar-refractivity contribution in [3.8, 4) is 0 Å². The first-order chi connectivity index (χ1) is 19.5. The van der Waals surface area contributed by atoms with E-state index in [4.69, 9.17) is 9.47 Å². The number of carbonyl (C=O) groups excluding carboxylic acids is 2. The van der Waals surface area contributed by atoms with E-state index in [1.54, 1.807) is 7.11 Å². The molecule has 3 aromatic rings. The van der Waals surface area contributed by atoms with E-state index in [1.807, 2.05) is 63.1 Å². The number of pyridine rings is 1. The van der Waals surface area contributed by atoms with Crippen LogP contribution in [0.15, 0.2) is 47.1 Å². The van der Waals surface area contributed by atoms with Gasteiger partial charge in [-0.1, -0.05) is 28.1 Å². The van der Waals surface area contributed by atoms with Gasteiger partial charge in [0.25, 0.3) is 0 Å². The van der Waals surface area contributed by atoms with Crippen molar-refractivity contribution in [2.75, 3.05) is 26.8 Å². The van der Waals surface area contributed by atoms with Crippen molar-refractivity contribution >= 4 is 38.8 Å². The smallest absolute Gasteiger partial charge is 0.407 e. The van der Waals surface area contributed by atoms with Crippen LogP contribution in [-0.2, 0) is 27.2 Å². The largest absolute Gasteiger partial charge is 0.444 e. The molecule has 3 heterocycles. The van der Waals surface area contributed by atoms with Crippen molar-refractivity contribution < 1.29 is 19.1 Å². The monoisotopic (exact) mass is 626 g/mol. The second kappa shape index (κ2) is 13.8. The highest BCUT2D eigenvalue weighted by Gasteiger charge is 2.30. The standard InChI is InChI=1S/C32H43BrN4O4/c1-22-27-20-29(37(16-7-17-40-5)28(27)13-14-34-22)24-8-6-15-36(21-24)30(38)19-26(35-31(39)41-32(2,3)4)18-23-9-11-25(33)12-10-23/h9-14,20,24,26H,6-8,15-19,21H2,1-5H3,(H,35,39). The minimum Gasteiger partial charge on any atom is -0.444 e. The van der Waals surface area contributed by atoms with E-state index >= 15 is 0 Å². The summed E-state index contributed by atoms with van der Waals surface area (Å²) < 4.78 is 14.2. The lowest BCUT2D eigenvalue weighted by atomic mass is 9.93. The molecule has 2 aromatic heterocycles. The van der Waals surface area contributed by atoms with Crippen LogP contribution in [-0.4, -0.2) is 64.9 Å². The summed E-state index contributed by atoms with van der Waals surface area (Å²) in [5.41, 5.74) is 3.88. The molecule has 1 aliphatic rings. The number of fused-ring (bicyclic) bond motifs is 1. The van der Waals surface area contributed by atoms with Gasteiger partial charge in [0.1, 0.15) is 5.60 Å². The number of hydrogen-bond acceptors (Lipinski definition) is 5. The molecule has 0 aliphatic carbocycles. The van der Waals surface area contributed by atoms with Gasteiger partial charge in [-0.15, -0.1) is 0 Å². The van der Waals surface area contributed by atoms with Gasteiger partial charge >= 0.3 is 6.09 Å². The second-order valence-electron chi connectivity index (χ2n) is 12.0. The van der Waals surface area contributed by atoms with Gasteiger partial charge < -0.3 is 24.3 Å². The lowest BCUT2D eigenvalue weighted by Gasteiger charge is -2.34. The van der Waals surface area contributed by atoms with E-state index in [1.165, 1.54) is 16.6 Å². The molecule has 2 unspecified atom stereocenters. The third kappa shape index (κ3) is 8.55. The topological polar surface area (TPSA) is 85.7 Å². The number of likely N-dealkylation sites (tertiary alicyclic amines) is 1. The Labute approximate surface area is 251 Å². The molecule has 9 heteroatoms. The highest BCUT2D eigenvalue weighted by atomic mass is 79.9. The number of nitrogens with zero attached hydrogens (tertiary/aromatic N) is 3. The zero-order chi connectivity index (χ0) is 29.6. The number of ether oxygens (including phenoxy) is 2. The van der Waals surface area contributed by atoms with Crippen molar-refractivity contribution in [3.63, 3.8) is 0 Å². The molecule has 1 aliphatic heterocycles. The molecule has 41 heavy (non-hydrogen) atoms. The lowest BCUT2D eigenvalue weighted by Crippen LogP contribution is -2.46. The van der Waals surface area contributed by atoms with Crippen molar-refractivity contribution in [2.24, 2.45) is 0 Å². The molecule has 222 valence electrons. The van der Waals surface area contributed by atoms with Crippen molar-refractivity contribution in [1.82, 2.24) is 19.8 Å². The summed E-state index contributed by atoms with van der Waals surface area (Å²) in [6, 6.07) is 11.9. The fourth-order valence-corrected chi connectivity index (χ4v) is 5.90. The molecule has 1 fully saturated rings. The molecule has 8 nitrogen and oxygen atoms in total. The van der Waals surface area contributed by atoms with Crippen LogP contribution < -0.4 is 5.32 Å². The molecule has 1 aromatic carbocycles. The van der Waals surface area contributed by atoms with Gasteiger partial charge in [0.15, 0.2) is 0 Å². The Morgan fingerprint density at radius 1 is 1.20 bits per heavy atom. The number of amides is 2. The first kappa shape index (κ1) is 31.0. The quantitative estimate of drug-likeness (QED) is 0.264. The van der Waals surface area contributed by atoms with E-state index in [0.717, 1.165) is 48.1 Å². The zero-order valence-electron chi connectivity index (χ0n) is 24.9. The first-order valence-electron chi connectivity index (χ1n) is 14.5. The van der Waals surface area contributed by atoms with Crippen LogP contribution in [0.2, 0.25) is 0 Å². The van der Waals surface area contributed by atoms with Crippen LogP contribution in [0.25, 0.3) is 10.9 Å². The van der Waals surface area contributed by atoms with E-state index < -0.39 is 11.7 Å². The molecule has 0 bridgehead atoms. The number of benzene rings is 1. The van der Waals surface area contributed by atoms with Crippen LogP contribution in [0.3, 0.4) is 0 Å². The van der Waals surface area contributed by atoms with Gasteiger partial charge in [-0.25, -0.2) is 4.79 Å². The van der Waals surface area contributed by atoms with Gasteiger partial charge in [-0.3, -0.25) is 9.78 Å². The molecular formula is C32H43BrN4O4. The molecule has 2 amide bonds.